The fourth-order valence-electron chi connectivity index (χ4n) is 1.51. The van der Waals surface area contributed by atoms with Crippen LogP contribution in [0.2, 0.25) is 0 Å². The molecule has 0 fully saturated rings. The highest BCUT2D eigenvalue weighted by Crippen LogP contribution is 2.19. The van der Waals surface area contributed by atoms with Crippen LogP contribution in [-0.4, -0.2) is 12.6 Å². The molecule has 2 rings (SSSR count). The lowest BCUT2D eigenvalue weighted by molar-refractivity contribution is 0.0500. The van der Waals surface area contributed by atoms with Crippen LogP contribution in [0.4, 0.5) is 0 Å². The van der Waals surface area contributed by atoms with Crippen molar-refractivity contribution in [3.05, 3.63) is 44.7 Å². The van der Waals surface area contributed by atoms with Gasteiger partial charge in [0.2, 0.25) is 0 Å². The number of ether oxygens (including phenoxy) is 1. The van der Waals surface area contributed by atoms with Crippen LogP contribution in [0, 0.1) is 0 Å². The monoisotopic (exact) mass is 310 g/mol. The lowest BCUT2D eigenvalue weighted by Crippen LogP contribution is -2.16. The van der Waals surface area contributed by atoms with Gasteiger partial charge in [0.05, 0.1) is 6.61 Å². The van der Waals surface area contributed by atoms with Crippen LogP contribution in [-0.2, 0) is 4.74 Å². The first kappa shape index (κ1) is 12.8. The standard InChI is InChI=1S/C13H11BrO4/c1-2-5-17-12(15)10-7-8-6-9(14)3-4-11(8)18-13(10)16/h3-4,6-7H,2,5H2,1H3. The van der Waals surface area contributed by atoms with Crippen molar-refractivity contribution in [1.29, 1.82) is 0 Å². The molecular weight excluding hydrogens is 300 g/mol. The van der Waals surface area contributed by atoms with Crippen molar-refractivity contribution in [3.63, 3.8) is 0 Å². The molecule has 1 aromatic heterocycles. The molecule has 0 radical (unpaired) electrons. The zero-order valence-corrected chi connectivity index (χ0v) is 11.3. The highest BCUT2D eigenvalue weighted by molar-refractivity contribution is 9.10. The maximum absolute atomic E-state index is 11.7. The Labute approximate surface area is 112 Å². The SMILES string of the molecule is CCCOC(=O)c1cc2cc(Br)ccc2oc1=O. The van der Waals surface area contributed by atoms with E-state index in [0.29, 0.717) is 17.4 Å². The van der Waals surface area contributed by atoms with Crippen molar-refractivity contribution in [3.8, 4) is 0 Å². The highest BCUT2D eigenvalue weighted by atomic mass is 79.9. The molecule has 18 heavy (non-hydrogen) atoms. The van der Waals surface area contributed by atoms with Crippen LogP contribution in [0.15, 0.2) is 37.9 Å². The molecule has 94 valence electrons. The van der Waals surface area contributed by atoms with Crippen molar-refractivity contribution in [1.82, 2.24) is 0 Å². The smallest absolute Gasteiger partial charge is 0.351 e. The van der Waals surface area contributed by atoms with E-state index in [2.05, 4.69) is 15.9 Å². The fourth-order valence-corrected chi connectivity index (χ4v) is 1.89. The average molecular weight is 311 g/mol. The molecule has 0 unspecified atom stereocenters. The third-order valence-electron chi connectivity index (χ3n) is 2.35. The van der Waals surface area contributed by atoms with E-state index < -0.39 is 11.6 Å². The molecule has 2 aromatic rings. The summed E-state index contributed by atoms with van der Waals surface area (Å²) in [6, 6.07) is 6.70. The minimum Gasteiger partial charge on any atom is -0.462 e. The summed E-state index contributed by atoms with van der Waals surface area (Å²) in [4.78, 5) is 23.3. The summed E-state index contributed by atoms with van der Waals surface area (Å²) >= 11 is 3.32. The molecule has 0 aliphatic rings. The largest absolute Gasteiger partial charge is 0.462 e. The third kappa shape index (κ3) is 2.61. The first-order valence-corrected chi connectivity index (χ1v) is 6.31. The van der Waals surface area contributed by atoms with Crippen molar-refractivity contribution in [2.24, 2.45) is 0 Å². The van der Waals surface area contributed by atoms with Crippen molar-refractivity contribution in [2.75, 3.05) is 6.61 Å². The van der Waals surface area contributed by atoms with Gasteiger partial charge in [0.15, 0.2) is 0 Å². The number of halogens is 1. The van der Waals surface area contributed by atoms with Gasteiger partial charge in [-0.2, -0.15) is 0 Å². The van der Waals surface area contributed by atoms with Gasteiger partial charge in [0.1, 0.15) is 11.1 Å². The molecule has 0 bridgehead atoms. The van der Waals surface area contributed by atoms with Gasteiger partial charge in [0, 0.05) is 9.86 Å². The molecule has 4 nitrogen and oxygen atoms in total. The van der Waals surface area contributed by atoms with Crippen LogP contribution < -0.4 is 5.63 Å². The Balaban J connectivity index is 2.48. The van der Waals surface area contributed by atoms with Crippen molar-refractivity contribution < 1.29 is 13.9 Å². The van der Waals surface area contributed by atoms with Crippen LogP contribution in [0.5, 0.6) is 0 Å². The first-order valence-electron chi connectivity index (χ1n) is 5.52. The van der Waals surface area contributed by atoms with E-state index in [1.54, 1.807) is 18.2 Å². The number of carbonyl (C=O) groups excluding carboxylic acids is 1. The van der Waals surface area contributed by atoms with Gasteiger partial charge < -0.3 is 9.15 Å². The molecule has 0 atom stereocenters. The molecule has 0 saturated carbocycles. The number of rotatable bonds is 3. The number of hydrogen-bond donors (Lipinski definition) is 0. The second-order valence-corrected chi connectivity index (χ2v) is 4.68. The van der Waals surface area contributed by atoms with E-state index in [0.717, 1.165) is 4.47 Å². The molecule has 1 aromatic carbocycles. The normalized spacial score (nSPS) is 10.6. The van der Waals surface area contributed by atoms with E-state index in [9.17, 15) is 9.59 Å². The molecule has 0 saturated heterocycles. The Morgan fingerprint density at radius 2 is 2.17 bits per heavy atom. The Bertz CT molecular complexity index is 645. The molecule has 0 aliphatic carbocycles. The molecule has 0 spiro atoms. The Kier molecular flexibility index (Phi) is 3.81. The van der Waals surface area contributed by atoms with Gasteiger partial charge in [-0.25, -0.2) is 9.59 Å². The summed E-state index contributed by atoms with van der Waals surface area (Å²) in [7, 11) is 0. The summed E-state index contributed by atoms with van der Waals surface area (Å²) in [5.41, 5.74) is -0.310. The zero-order chi connectivity index (χ0) is 13.1. The van der Waals surface area contributed by atoms with Crippen LogP contribution in [0.1, 0.15) is 23.7 Å². The number of fused-ring (bicyclic) bond motifs is 1. The Hall–Kier alpha value is -1.62. The van der Waals surface area contributed by atoms with Gasteiger partial charge in [0.25, 0.3) is 0 Å². The predicted octanol–water partition coefficient (Wildman–Crippen LogP) is 3.12. The van der Waals surface area contributed by atoms with Gasteiger partial charge in [-0.1, -0.05) is 22.9 Å². The summed E-state index contributed by atoms with van der Waals surface area (Å²) in [6.45, 7) is 2.17. The third-order valence-corrected chi connectivity index (χ3v) is 2.84. The maximum atomic E-state index is 11.7. The minimum atomic E-state index is -0.675. The van der Waals surface area contributed by atoms with E-state index >= 15 is 0 Å². The summed E-state index contributed by atoms with van der Waals surface area (Å²) in [6.07, 6.45) is 0.705. The second kappa shape index (κ2) is 5.35. The van der Waals surface area contributed by atoms with E-state index in [4.69, 9.17) is 9.15 Å². The Morgan fingerprint density at radius 1 is 1.39 bits per heavy atom. The predicted molar refractivity (Wildman–Crippen MR) is 70.8 cm³/mol. The molecule has 0 N–H and O–H groups in total. The van der Waals surface area contributed by atoms with Crippen LogP contribution in [0.3, 0.4) is 0 Å². The van der Waals surface area contributed by atoms with E-state index in [1.807, 2.05) is 6.92 Å². The summed E-state index contributed by atoms with van der Waals surface area (Å²) in [5, 5.41) is 0.674. The molecule has 0 amide bonds. The first-order chi connectivity index (χ1) is 8.61. The molecule has 0 aliphatic heterocycles. The van der Waals surface area contributed by atoms with Crippen LogP contribution in [0.25, 0.3) is 11.0 Å². The zero-order valence-electron chi connectivity index (χ0n) is 9.73. The minimum absolute atomic E-state index is 0.0750. The average Bonchev–Trinajstić information content (AvgIpc) is 2.35. The number of carbonyl (C=O) groups is 1. The van der Waals surface area contributed by atoms with Gasteiger partial charge >= 0.3 is 11.6 Å². The molecular formula is C13H11BrO4. The lowest BCUT2D eigenvalue weighted by atomic mass is 10.2. The number of esters is 1. The molecule has 1 heterocycles. The number of hydrogen-bond acceptors (Lipinski definition) is 4. The van der Waals surface area contributed by atoms with E-state index in [1.165, 1.54) is 6.07 Å². The van der Waals surface area contributed by atoms with Gasteiger partial charge in [-0.3, -0.25) is 0 Å². The van der Waals surface area contributed by atoms with Gasteiger partial charge in [-0.15, -0.1) is 0 Å². The number of benzene rings is 1. The maximum Gasteiger partial charge on any atom is 0.351 e. The topological polar surface area (TPSA) is 56.5 Å². The summed E-state index contributed by atoms with van der Waals surface area (Å²) in [5.74, 6) is -0.646. The molecule has 5 heteroatoms. The van der Waals surface area contributed by atoms with Crippen LogP contribution >= 0.6 is 15.9 Å². The van der Waals surface area contributed by atoms with Gasteiger partial charge in [-0.05, 0) is 30.7 Å². The van der Waals surface area contributed by atoms with Crippen molar-refractivity contribution in [2.45, 2.75) is 13.3 Å². The summed E-state index contributed by atoms with van der Waals surface area (Å²) < 4.78 is 10.8. The Morgan fingerprint density at radius 3 is 2.89 bits per heavy atom. The quantitative estimate of drug-likeness (QED) is 0.645. The lowest BCUT2D eigenvalue weighted by Gasteiger charge is -2.03. The second-order valence-electron chi connectivity index (χ2n) is 3.77. The fraction of sp³-hybridized carbons (Fsp3) is 0.231. The highest BCUT2D eigenvalue weighted by Gasteiger charge is 2.14. The van der Waals surface area contributed by atoms with E-state index in [-0.39, 0.29) is 12.2 Å². The van der Waals surface area contributed by atoms with Crippen molar-refractivity contribution >= 4 is 32.9 Å².